The number of para-hydroxylation sites is 1. The third-order valence-electron chi connectivity index (χ3n) is 10.3. The largest absolute Gasteiger partial charge is 0.456 e. The maximum atomic E-state index is 6.66. The van der Waals surface area contributed by atoms with Crippen LogP contribution in [0, 0.1) is 0 Å². The Balaban J connectivity index is 1.16. The Morgan fingerprint density at radius 2 is 1.17 bits per heavy atom. The van der Waals surface area contributed by atoms with E-state index in [4.69, 9.17) is 18.8 Å². The standard InChI is InChI=1S/C47H29N3O2/c1-2-13-29(14-3-1)45-48-46(32-25-24-28-12-4-5-15-30(28)26-32)50-47(49-45)36-20-11-23-40-43(36)42-34(19-10-22-39(42)51-40)37-27-31-16-6-7-17-33(31)44-41(37)35-18-8-9-21-38(35)52-44/h1-27,47H,(H,48,49,50). The molecule has 5 nitrogen and oxygen atoms in total. The molecule has 2 aromatic heterocycles. The molecule has 1 aliphatic heterocycles. The van der Waals surface area contributed by atoms with Crippen molar-refractivity contribution in [3.63, 3.8) is 0 Å². The minimum atomic E-state index is -0.432. The van der Waals surface area contributed by atoms with Gasteiger partial charge >= 0.3 is 0 Å². The predicted octanol–water partition coefficient (Wildman–Crippen LogP) is 12.0. The molecule has 0 aliphatic carbocycles. The second-order valence-corrected chi connectivity index (χ2v) is 13.3. The summed E-state index contributed by atoms with van der Waals surface area (Å²) >= 11 is 0. The average Bonchev–Trinajstić information content (AvgIpc) is 3.80. The maximum Gasteiger partial charge on any atom is 0.159 e. The summed E-state index contributed by atoms with van der Waals surface area (Å²) < 4.78 is 13.3. The van der Waals surface area contributed by atoms with Crippen LogP contribution in [0.4, 0.5) is 0 Å². The van der Waals surface area contributed by atoms with Gasteiger partial charge in [-0.1, -0.05) is 133 Å². The van der Waals surface area contributed by atoms with Crippen molar-refractivity contribution in [2.45, 2.75) is 6.17 Å². The zero-order chi connectivity index (χ0) is 34.2. The van der Waals surface area contributed by atoms with E-state index < -0.39 is 6.17 Å². The van der Waals surface area contributed by atoms with Crippen molar-refractivity contribution in [2.75, 3.05) is 0 Å². The van der Waals surface area contributed by atoms with Crippen molar-refractivity contribution >= 4 is 77.1 Å². The number of furan rings is 2. The first-order chi connectivity index (χ1) is 25.8. The van der Waals surface area contributed by atoms with Gasteiger partial charge in [-0.2, -0.15) is 0 Å². The molecule has 1 N–H and O–H groups in total. The minimum Gasteiger partial charge on any atom is -0.456 e. The zero-order valence-corrected chi connectivity index (χ0v) is 27.9. The summed E-state index contributed by atoms with van der Waals surface area (Å²) in [6, 6.07) is 56.7. The zero-order valence-electron chi connectivity index (χ0n) is 27.9. The van der Waals surface area contributed by atoms with Crippen LogP contribution in [-0.2, 0) is 0 Å². The van der Waals surface area contributed by atoms with Crippen LogP contribution in [0.5, 0.6) is 0 Å². The third-order valence-corrected chi connectivity index (χ3v) is 10.3. The van der Waals surface area contributed by atoms with Gasteiger partial charge in [-0.25, -0.2) is 9.98 Å². The first-order valence-corrected chi connectivity index (χ1v) is 17.5. The molecule has 1 aliphatic rings. The van der Waals surface area contributed by atoms with Crippen molar-refractivity contribution in [3.05, 3.63) is 180 Å². The third kappa shape index (κ3) is 4.42. The van der Waals surface area contributed by atoms with E-state index >= 15 is 0 Å². The highest BCUT2D eigenvalue weighted by atomic mass is 16.3. The van der Waals surface area contributed by atoms with Crippen LogP contribution >= 0.6 is 0 Å². The molecule has 0 saturated carbocycles. The molecule has 10 aromatic rings. The molecule has 244 valence electrons. The van der Waals surface area contributed by atoms with Crippen LogP contribution in [-0.4, -0.2) is 11.7 Å². The molecule has 0 fully saturated rings. The van der Waals surface area contributed by atoms with Crippen molar-refractivity contribution in [1.82, 2.24) is 5.32 Å². The van der Waals surface area contributed by atoms with Gasteiger partial charge in [-0.3, -0.25) is 0 Å². The smallest absolute Gasteiger partial charge is 0.159 e. The summed E-state index contributed by atoms with van der Waals surface area (Å²) in [6.45, 7) is 0. The van der Waals surface area contributed by atoms with Crippen LogP contribution in [0.2, 0.25) is 0 Å². The number of hydrogen-bond acceptors (Lipinski definition) is 5. The van der Waals surface area contributed by atoms with Crippen LogP contribution < -0.4 is 5.32 Å². The Morgan fingerprint density at radius 1 is 0.462 bits per heavy atom. The molecule has 52 heavy (non-hydrogen) atoms. The lowest BCUT2D eigenvalue weighted by molar-refractivity contribution is 0.662. The molecule has 5 heteroatoms. The quantitative estimate of drug-likeness (QED) is 0.203. The highest BCUT2D eigenvalue weighted by molar-refractivity contribution is 6.25. The van der Waals surface area contributed by atoms with E-state index in [-0.39, 0.29) is 0 Å². The SMILES string of the molecule is c1ccc(C2=NC(c3cccc4oc5cccc(-c6cc7ccccc7c7oc8ccccc8c67)c5c34)NC(c3ccc4ccccc4c3)=N2)cc1. The molecule has 11 rings (SSSR count). The fraction of sp³-hybridized carbons (Fsp3) is 0.0213. The topological polar surface area (TPSA) is 63.0 Å². The lowest BCUT2D eigenvalue weighted by atomic mass is 9.91. The molecule has 0 radical (unpaired) electrons. The van der Waals surface area contributed by atoms with E-state index in [2.05, 4.69) is 139 Å². The molecule has 0 saturated heterocycles. The number of rotatable bonds is 4. The number of hydrogen-bond donors (Lipinski definition) is 1. The van der Waals surface area contributed by atoms with E-state index in [1.165, 1.54) is 5.39 Å². The second-order valence-electron chi connectivity index (χ2n) is 13.3. The molecule has 0 bridgehead atoms. The van der Waals surface area contributed by atoms with Crippen molar-refractivity contribution in [3.8, 4) is 11.1 Å². The van der Waals surface area contributed by atoms with E-state index in [1.807, 2.05) is 30.3 Å². The van der Waals surface area contributed by atoms with Gasteiger partial charge < -0.3 is 14.2 Å². The van der Waals surface area contributed by atoms with Crippen molar-refractivity contribution in [2.24, 2.45) is 9.98 Å². The minimum absolute atomic E-state index is 0.432. The van der Waals surface area contributed by atoms with Gasteiger partial charge in [-0.05, 0) is 57.6 Å². The van der Waals surface area contributed by atoms with Gasteiger partial charge in [0.05, 0.1) is 0 Å². The van der Waals surface area contributed by atoms with Gasteiger partial charge in [0, 0.05) is 43.6 Å². The highest BCUT2D eigenvalue weighted by Crippen LogP contribution is 2.46. The number of aliphatic imine (C=N–C) groups is 2. The Hall–Kier alpha value is -6.98. The van der Waals surface area contributed by atoms with Crippen molar-refractivity contribution in [1.29, 1.82) is 0 Å². The van der Waals surface area contributed by atoms with E-state index in [0.717, 1.165) is 93.7 Å². The molecular weight excluding hydrogens is 639 g/mol. The number of benzene rings is 8. The summed E-state index contributed by atoms with van der Waals surface area (Å²) in [7, 11) is 0. The lowest BCUT2D eigenvalue weighted by Crippen LogP contribution is -2.33. The van der Waals surface area contributed by atoms with Crippen LogP contribution in [0.25, 0.3) is 76.5 Å². The normalized spacial score (nSPS) is 14.7. The summed E-state index contributed by atoms with van der Waals surface area (Å²) in [5, 5.41) is 12.6. The van der Waals surface area contributed by atoms with Crippen LogP contribution in [0.15, 0.2) is 183 Å². The number of nitrogens with zero attached hydrogens (tertiary/aromatic N) is 2. The first kappa shape index (κ1) is 28.8. The summed E-state index contributed by atoms with van der Waals surface area (Å²) in [6.07, 6.45) is -0.432. The fourth-order valence-electron chi connectivity index (χ4n) is 7.93. The molecule has 0 amide bonds. The molecule has 3 heterocycles. The van der Waals surface area contributed by atoms with Crippen LogP contribution in [0.3, 0.4) is 0 Å². The first-order valence-electron chi connectivity index (χ1n) is 17.5. The van der Waals surface area contributed by atoms with Gasteiger partial charge in [-0.15, -0.1) is 0 Å². The summed E-state index contributed by atoms with van der Waals surface area (Å²) in [4.78, 5) is 10.4. The second kappa shape index (κ2) is 11.3. The van der Waals surface area contributed by atoms with E-state index in [9.17, 15) is 0 Å². The average molecular weight is 668 g/mol. The molecule has 1 atom stereocenters. The number of fused-ring (bicyclic) bond motifs is 9. The van der Waals surface area contributed by atoms with Gasteiger partial charge in [0.1, 0.15) is 34.3 Å². The highest BCUT2D eigenvalue weighted by Gasteiger charge is 2.26. The summed E-state index contributed by atoms with van der Waals surface area (Å²) in [5.74, 6) is 1.45. The fourth-order valence-corrected chi connectivity index (χ4v) is 7.93. The maximum absolute atomic E-state index is 6.66. The van der Waals surface area contributed by atoms with Gasteiger partial charge in [0.2, 0.25) is 0 Å². The predicted molar refractivity (Wildman–Crippen MR) is 213 cm³/mol. The Kier molecular flexibility index (Phi) is 6.25. The van der Waals surface area contributed by atoms with Gasteiger partial charge in [0.25, 0.3) is 0 Å². The lowest BCUT2D eigenvalue weighted by Gasteiger charge is -2.24. The Labute approximate surface area is 298 Å². The van der Waals surface area contributed by atoms with Gasteiger partial charge in [0.15, 0.2) is 5.84 Å². The number of nitrogens with one attached hydrogen (secondary N) is 1. The molecule has 8 aromatic carbocycles. The summed E-state index contributed by atoms with van der Waals surface area (Å²) in [5.41, 5.74) is 8.55. The number of amidine groups is 2. The Bertz CT molecular complexity index is 3110. The van der Waals surface area contributed by atoms with Crippen molar-refractivity contribution < 1.29 is 8.83 Å². The molecule has 1 unspecified atom stereocenters. The van der Waals surface area contributed by atoms with E-state index in [0.29, 0.717) is 5.84 Å². The molecule has 0 spiro atoms. The Morgan fingerprint density at radius 3 is 2.06 bits per heavy atom. The molecular formula is C47H29N3O2. The monoisotopic (exact) mass is 667 g/mol. The van der Waals surface area contributed by atoms with Crippen LogP contribution in [0.1, 0.15) is 22.9 Å². The van der Waals surface area contributed by atoms with E-state index in [1.54, 1.807) is 0 Å².